The van der Waals surface area contributed by atoms with Gasteiger partial charge in [-0.05, 0) is 85.2 Å². The lowest BCUT2D eigenvalue weighted by Gasteiger charge is -2.43. The number of aromatic amines is 1. The highest BCUT2D eigenvalue weighted by Crippen LogP contribution is 2.68. The number of nitrogens with one attached hydrogen (secondary N) is 2. The van der Waals surface area contributed by atoms with Gasteiger partial charge >= 0.3 is 10.8 Å². The number of anilines is 2. The highest BCUT2D eigenvalue weighted by atomic mass is 32.2. The zero-order chi connectivity index (χ0) is 33.1. The van der Waals surface area contributed by atoms with E-state index in [1.807, 2.05) is 36.4 Å². The normalized spacial score (nSPS) is 26.5. The number of thiazole rings is 1. The molecule has 0 radical (unpaired) electrons. The van der Waals surface area contributed by atoms with Gasteiger partial charge in [0.2, 0.25) is 11.8 Å². The molecule has 4 aliphatic rings. The monoisotopic (exact) mass is 681 g/mol. The number of thioether (sulfide) groups is 1. The molecule has 1 aromatic heterocycles. The largest absolute Gasteiger partial charge is 0.484 e. The molecule has 2 aliphatic heterocycles. The number of carbonyl (C=O) groups excluding carboxylic acids is 4. The van der Waals surface area contributed by atoms with Crippen LogP contribution >= 0.6 is 23.1 Å². The molecule has 244 valence electrons. The number of aromatic nitrogens is 1. The van der Waals surface area contributed by atoms with Crippen molar-refractivity contribution in [2.75, 3.05) is 23.4 Å². The maximum atomic E-state index is 14.1. The number of esters is 1. The number of amides is 3. The van der Waals surface area contributed by atoms with Gasteiger partial charge in [0.05, 0.1) is 34.7 Å². The van der Waals surface area contributed by atoms with Gasteiger partial charge < -0.3 is 19.8 Å². The number of imide groups is 1. The first kappa shape index (κ1) is 30.6. The second-order valence-electron chi connectivity index (χ2n) is 12.5. The van der Waals surface area contributed by atoms with Crippen LogP contribution in [0.1, 0.15) is 40.1 Å². The first-order valence-electron chi connectivity index (χ1n) is 15.9. The summed E-state index contributed by atoms with van der Waals surface area (Å²) >= 11 is 2.81. The van der Waals surface area contributed by atoms with Gasteiger partial charge in [-0.1, -0.05) is 41.7 Å². The maximum Gasteiger partial charge on any atom is 0.338 e. The molecule has 4 aromatic rings. The van der Waals surface area contributed by atoms with E-state index in [1.165, 1.54) is 16.2 Å². The van der Waals surface area contributed by atoms with Crippen LogP contribution in [-0.4, -0.2) is 47.1 Å². The topological polar surface area (TPSA) is 135 Å². The van der Waals surface area contributed by atoms with Crippen LogP contribution in [0.3, 0.4) is 0 Å². The number of hydrogen-bond acceptors (Lipinski definition) is 9. The minimum Gasteiger partial charge on any atom is -0.484 e. The van der Waals surface area contributed by atoms with Gasteiger partial charge in [-0.3, -0.25) is 24.1 Å². The smallest absolute Gasteiger partial charge is 0.338 e. The number of H-pyrrole nitrogens is 1. The molecule has 2 aliphatic carbocycles. The van der Waals surface area contributed by atoms with E-state index in [-0.39, 0.29) is 64.7 Å². The number of para-hydroxylation sites is 1. The molecule has 2 N–H and O–H groups in total. The molecule has 8 rings (SSSR count). The molecule has 7 atom stereocenters. The summed E-state index contributed by atoms with van der Waals surface area (Å²) in [6, 6.07) is 23.2. The van der Waals surface area contributed by atoms with Crippen molar-refractivity contribution >= 4 is 58.2 Å². The summed E-state index contributed by atoms with van der Waals surface area (Å²) in [6.07, 6.45) is 0.760. The summed E-state index contributed by atoms with van der Waals surface area (Å²) in [6.45, 7) is 1.81. The van der Waals surface area contributed by atoms with Crippen LogP contribution in [0, 0.1) is 29.6 Å². The van der Waals surface area contributed by atoms with Crippen molar-refractivity contribution in [1.82, 2.24) is 4.98 Å². The molecule has 1 saturated heterocycles. The Labute approximate surface area is 283 Å². The third-order valence-corrected chi connectivity index (χ3v) is 12.6. The Kier molecular flexibility index (Phi) is 7.72. The van der Waals surface area contributed by atoms with Crippen LogP contribution in [0.2, 0.25) is 0 Å². The van der Waals surface area contributed by atoms with Gasteiger partial charge in [-0.15, -0.1) is 11.8 Å². The van der Waals surface area contributed by atoms with E-state index in [2.05, 4.69) is 10.3 Å². The van der Waals surface area contributed by atoms with Crippen LogP contribution < -0.4 is 19.8 Å². The molecule has 2 bridgehead atoms. The van der Waals surface area contributed by atoms with Crippen molar-refractivity contribution in [3.63, 3.8) is 0 Å². The SMILES string of the molecule is CCOC(=O)c1ccc(N2C(=O)[C@H]3[C@H]4C[C@@H]([C@@H]3C2=O)[C@@H]2[C@H](c3cccc(OCC(=O)Nc5ccccc5)c3)c3sc(=O)[nH]c3S[C@H]42)cc1. The molecule has 3 amide bonds. The fourth-order valence-corrected chi connectivity index (χ4v) is 11.2. The predicted octanol–water partition coefficient (Wildman–Crippen LogP) is 5.31. The standard InChI is InChI=1S/C36H31N3O7S2/c1-2-45-35(43)18-11-13-21(14-12-18)39-33(41)28-23-16-24(29(28)34(39)42)30-27(23)26(31-32(47-30)38-36(44)48-31)19-7-6-10-22(15-19)46-17-25(40)37-20-8-4-3-5-9-20/h3-15,23-24,26-30H,2,16-17H2,1H3,(H,37,40)(H,38,44)/t23-,24-,26+,27-,28+,29+,30-/m1/s1. The number of ether oxygens (including phenoxy) is 2. The van der Waals surface area contributed by atoms with E-state index in [4.69, 9.17) is 9.47 Å². The molecular weight excluding hydrogens is 651 g/mol. The van der Waals surface area contributed by atoms with E-state index in [9.17, 15) is 24.0 Å². The zero-order valence-corrected chi connectivity index (χ0v) is 27.4. The van der Waals surface area contributed by atoms with Crippen LogP contribution in [0.15, 0.2) is 88.7 Å². The number of hydrogen-bond donors (Lipinski definition) is 2. The molecule has 10 nitrogen and oxygen atoms in total. The fourth-order valence-electron chi connectivity index (χ4n) is 8.27. The van der Waals surface area contributed by atoms with Crippen LogP contribution in [0.5, 0.6) is 5.75 Å². The predicted molar refractivity (Wildman–Crippen MR) is 180 cm³/mol. The first-order valence-corrected chi connectivity index (χ1v) is 17.6. The minimum absolute atomic E-state index is 0.0136. The molecule has 48 heavy (non-hydrogen) atoms. The molecular formula is C36H31N3O7S2. The van der Waals surface area contributed by atoms with Crippen LogP contribution in [-0.2, 0) is 19.1 Å². The van der Waals surface area contributed by atoms with E-state index in [0.29, 0.717) is 22.7 Å². The van der Waals surface area contributed by atoms with Gasteiger partial charge in [0.1, 0.15) is 5.75 Å². The zero-order valence-electron chi connectivity index (χ0n) is 25.8. The quantitative estimate of drug-likeness (QED) is 0.189. The molecule has 0 unspecified atom stereocenters. The van der Waals surface area contributed by atoms with Crippen molar-refractivity contribution in [3.8, 4) is 5.75 Å². The lowest BCUT2D eigenvalue weighted by Crippen LogP contribution is -2.42. The molecule has 0 spiro atoms. The number of rotatable bonds is 8. The number of fused-ring (bicyclic) bond motifs is 9. The van der Waals surface area contributed by atoms with Crippen molar-refractivity contribution in [1.29, 1.82) is 0 Å². The van der Waals surface area contributed by atoms with E-state index in [1.54, 1.807) is 61.2 Å². The summed E-state index contributed by atoms with van der Waals surface area (Å²) in [4.78, 5) is 70.6. The van der Waals surface area contributed by atoms with E-state index < -0.39 is 17.8 Å². The average Bonchev–Trinajstić information content (AvgIpc) is 3.83. The van der Waals surface area contributed by atoms with Crippen molar-refractivity contribution in [3.05, 3.63) is 105 Å². The Morgan fingerprint density at radius 2 is 1.69 bits per heavy atom. The second kappa shape index (κ2) is 12.1. The summed E-state index contributed by atoms with van der Waals surface area (Å²) in [5, 5.41) is 3.67. The maximum absolute atomic E-state index is 14.1. The highest BCUT2D eigenvalue weighted by molar-refractivity contribution is 8.00. The van der Waals surface area contributed by atoms with Crippen molar-refractivity contribution in [2.45, 2.75) is 29.5 Å². The van der Waals surface area contributed by atoms with Crippen molar-refractivity contribution in [2.24, 2.45) is 29.6 Å². The Bertz CT molecular complexity index is 1990. The fraction of sp³-hybridized carbons (Fsp3) is 0.306. The molecule has 2 saturated carbocycles. The molecule has 12 heteroatoms. The van der Waals surface area contributed by atoms with Crippen LogP contribution in [0.25, 0.3) is 0 Å². The minimum atomic E-state index is -0.463. The van der Waals surface area contributed by atoms with Crippen molar-refractivity contribution < 1.29 is 28.7 Å². The Balaban J connectivity index is 1.07. The summed E-state index contributed by atoms with van der Waals surface area (Å²) in [5.41, 5.74) is 2.43. The summed E-state index contributed by atoms with van der Waals surface area (Å²) in [5.74, 6) is -1.79. The number of carbonyl (C=O) groups is 4. The lowest BCUT2D eigenvalue weighted by atomic mass is 9.68. The Morgan fingerprint density at radius 1 is 0.938 bits per heavy atom. The van der Waals surface area contributed by atoms with Gasteiger partial charge in [-0.2, -0.15) is 0 Å². The van der Waals surface area contributed by atoms with Gasteiger partial charge in [0.15, 0.2) is 6.61 Å². The van der Waals surface area contributed by atoms with E-state index in [0.717, 1.165) is 21.9 Å². The third kappa shape index (κ3) is 5.05. The first-order chi connectivity index (χ1) is 23.3. The summed E-state index contributed by atoms with van der Waals surface area (Å²) < 4.78 is 11.0. The Morgan fingerprint density at radius 3 is 2.44 bits per heavy atom. The lowest BCUT2D eigenvalue weighted by molar-refractivity contribution is -0.123. The van der Waals surface area contributed by atoms with E-state index >= 15 is 0 Å². The second-order valence-corrected chi connectivity index (χ2v) is 14.7. The average molecular weight is 682 g/mol. The van der Waals surface area contributed by atoms with Gasteiger partial charge in [0.25, 0.3) is 5.91 Å². The molecule has 3 fully saturated rings. The molecule has 3 aromatic carbocycles. The molecule has 3 heterocycles. The highest BCUT2D eigenvalue weighted by Gasteiger charge is 2.69. The van der Waals surface area contributed by atoms with Gasteiger partial charge in [0, 0.05) is 21.7 Å². The third-order valence-electron chi connectivity index (χ3n) is 10.0. The number of benzene rings is 3. The number of nitrogens with zero attached hydrogens (tertiary/aromatic N) is 1. The van der Waals surface area contributed by atoms with Crippen LogP contribution in [0.4, 0.5) is 11.4 Å². The van der Waals surface area contributed by atoms with Gasteiger partial charge in [-0.25, -0.2) is 4.79 Å². The summed E-state index contributed by atoms with van der Waals surface area (Å²) in [7, 11) is 0. The Hall–Kier alpha value is -4.68.